The highest BCUT2D eigenvalue weighted by Gasteiger charge is 2.24. The van der Waals surface area contributed by atoms with Crippen LogP contribution >= 0.6 is 11.3 Å². The van der Waals surface area contributed by atoms with Crippen LogP contribution < -0.4 is 9.64 Å². The van der Waals surface area contributed by atoms with E-state index in [4.69, 9.17) is 9.72 Å². The number of nitrogens with zero attached hydrogens (tertiary/aromatic N) is 5. The minimum atomic E-state index is 0.514. The van der Waals surface area contributed by atoms with E-state index in [-0.39, 0.29) is 0 Å². The lowest BCUT2D eigenvalue weighted by atomic mass is 9.97. The van der Waals surface area contributed by atoms with Crippen LogP contribution in [-0.4, -0.2) is 39.6 Å². The van der Waals surface area contributed by atoms with Gasteiger partial charge >= 0.3 is 0 Å². The average Bonchev–Trinajstić information content (AvgIpc) is 3.20. The third-order valence-corrected chi connectivity index (χ3v) is 5.59. The average molecular weight is 367 g/mol. The molecule has 134 valence electrons. The fourth-order valence-electron chi connectivity index (χ4n) is 3.22. The first-order valence-electron chi connectivity index (χ1n) is 8.89. The fourth-order valence-corrected chi connectivity index (χ4v) is 4.22. The zero-order valence-electron chi connectivity index (χ0n) is 14.7. The molecule has 0 bridgehead atoms. The second kappa shape index (κ2) is 7.78. The van der Waals surface area contributed by atoms with Crippen LogP contribution in [0.15, 0.2) is 42.3 Å². The summed E-state index contributed by atoms with van der Waals surface area (Å²) in [4.78, 5) is 19.8. The third-order valence-electron chi connectivity index (χ3n) is 4.59. The SMILES string of the molecule is CCOc1cc(N2CCC(c3nc(-c4ccncc4)cs3)CC2)ncn1. The van der Waals surface area contributed by atoms with Gasteiger partial charge in [0.2, 0.25) is 5.88 Å². The second-order valence-corrected chi connectivity index (χ2v) is 7.11. The number of ether oxygens (including phenoxy) is 1. The number of aromatic nitrogens is 4. The molecule has 0 spiro atoms. The molecule has 0 aliphatic carbocycles. The molecule has 26 heavy (non-hydrogen) atoms. The summed E-state index contributed by atoms with van der Waals surface area (Å²) in [6.07, 6.45) is 7.36. The van der Waals surface area contributed by atoms with Crippen molar-refractivity contribution in [3.8, 4) is 17.1 Å². The Morgan fingerprint density at radius 1 is 1.19 bits per heavy atom. The Bertz CT molecular complexity index is 846. The van der Waals surface area contributed by atoms with Gasteiger partial charge in [-0.25, -0.2) is 15.0 Å². The molecule has 1 aliphatic heterocycles. The zero-order valence-corrected chi connectivity index (χ0v) is 15.5. The molecular formula is C19H21N5OS. The van der Waals surface area contributed by atoms with E-state index in [1.807, 2.05) is 37.5 Å². The maximum absolute atomic E-state index is 5.48. The highest BCUT2D eigenvalue weighted by Crippen LogP contribution is 2.34. The maximum Gasteiger partial charge on any atom is 0.218 e. The quantitative estimate of drug-likeness (QED) is 0.684. The van der Waals surface area contributed by atoms with Gasteiger partial charge in [-0.1, -0.05) is 0 Å². The Hall–Kier alpha value is -2.54. The van der Waals surface area contributed by atoms with Crippen LogP contribution in [0.4, 0.5) is 5.82 Å². The summed E-state index contributed by atoms with van der Waals surface area (Å²) >= 11 is 1.76. The molecule has 1 aliphatic rings. The number of hydrogen-bond acceptors (Lipinski definition) is 7. The summed E-state index contributed by atoms with van der Waals surface area (Å²) in [5, 5.41) is 3.38. The van der Waals surface area contributed by atoms with Crippen LogP contribution in [0.3, 0.4) is 0 Å². The standard InChI is InChI=1S/C19H21N5OS/c1-2-25-18-11-17(21-13-22-18)24-9-5-15(6-10-24)19-23-16(12-26-19)14-3-7-20-8-4-14/h3-4,7-8,11-13,15H,2,5-6,9-10H2,1H3. The van der Waals surface area contributed by atoms with E-state index in [1.165, 1.54) is 5.01 Å². The second-order valence-electron chi connectivity index (χ2n) is 6.22. The van der Waals surface area contributed by atoms with E-state index >= 15 is 0 Å². The first kappa shape index (κ1) is 16.9. The van der Waals surface area contributed by atoms with E-state index < -0.39 is 0 Å². The number of piperidine rings is 1. The van der Waals surface area contributed by atoms with Crippen LogP contribution in [0.5, 0.6) is 5.88 Å². The smallest absolute Gasteiger partial charge is 0.218 e. The number of thiazole rings is 1. The predicted molar refractivity (Wildman–Crippen MR) is 103 cm³/mol. The summed E-state index contributed by atoms with van der Waals surface area (Å²) < 4.78 is 5.48. The maximum atomic E-state index is 5.48. The molecular weight excluding hydrogens is 346 g/mol. The fraction of sp³-hybridized carbons (Fsp3) is 0.368. The van der Waals surface area contributed by atoms with E-state index in [0.717, 1.165) is 43.0 Å². The van der Waals surface area contributed by atoms with Gasteiger partial charge in [-0.2, -0.15) is 0 Å². The summed E-state index contributed by atoms with van der Waals surface area (Å²) in [7, 11) is 0. The van der Waals surface area contributed by atoms with Crippen molar-refractivity contribution in [1.29, 1.82) is 0 Å². The van der Waals surface area contributed by atoms with Gasteiger partial charge in [-0.15, -0.1) is 11.3 Å². The van der Waals surface area contributed by atoms with Gasteiger partial charge in [0, 0.05) is 48.4 Å². The monoisotopic (exact) mass is 367 g/mol. The topological polar surface area (TPSA) is 64.0 Å². The lowest BCUT2D eigenvalue weighted by Crippen LogP contribution is -2.33. The van der Waals surface area contributed by atoms with Gasteiger partial charge < -0.3 is 9.64 Å². The van der Waals surface area contributed by atoms with Gasteiger partial charge in [0.05, 0.1) is 17.3 Å². The minimum Gasteiger partial charge on any atom is -0.478 e. The Labute approximate surface area is 156 Å². The van der Waals surface area contributed by atoms with Crippen LogP contribution in [0.2, 0.25) is 0 Å². The van der Waals surface area contributed by atoms with E-state index in [9.17, 15) is 0 Å². The summed E-state index contributed by atoms with van der Waals surface area (Å²) in [5.74, 6) is 2.10. The number of anilines is 1. The molecule has 4 heterocycles. The molecule has 3 aromatic rings. The molecule has 1 saturated heterocycles. The largest absolute Gasteiger partial charge is 0.478 e. The van der Waals surface area contributed by atoms with Gasteiger partial charge in [0.1, 0.15) is 12.1 Å². The first-order valence-corrected chi connectivity index (χ1v) is 9.77. The van der Waals surface area contributed by atoms with E-state index in [0.29, 0.717) is 18.4 Å². The third kappa shape index (κ3) is 3.67. The van der Waals surface area contributed by atoms with Crippen molar-refractivity contribution in [3.63, 3.8) is 0 Å². The summed E-state index contributed by atoms with van der Waals surface area (Å²) in [6, 6.07) is 5.94. The van der Waals surface area contributed by atoms with Crippen LogP contribution in [0, 0.1) is 0 Å². The van der Waals surface area contributed by atoms with E-state index in [1.54, 1.807) is 17.7 Å². The minimum absolute atomic E-state index is 0.514. The number of hydrogen-bond donors (Lipinski definition) is 0. The molecule has 0 atom stereocenters. The summed E-state index contributed by atoms with van der Waals surface area (Å²) in [5.41, 5.74) is 2.18. The highest BCUT2D eigenvalue weighted by atomic mass is 32.1. The van der Waals surface area contributed by atoms with Crippen molar-refractivity contribution in [1.82, 2.24) is 19.9 Å². The van der Waals surface area contributed by atoms with Crippen molar-refractivity contribution < 1.29 is 4.74 Å². The molecule has 1 fully saturated rings. The van der Waals surface area contributed by atoms with Crippen LogP contribution in [0.1, 0.15) is 30.7 Å². The molecule has 0 radical (unpaired) electrons. The van der Waals surface area contributed by atoms with Gasteiger partial charge in [0.25, 0.3) is 0 Å². The molecule has 6 nitrogen and oxygen atoms in total. The Morgan fingerprint density at radius 2 is 2.00 bits per heavy atom. The first-order chi connectivity index (χ1) is 12.8. The lowest BCUT2D eigenvalue weighted by molar-refractivity contribution is 0.326. The Balaban J connectivity index is 1.41. The Morgan fingerprint density at radius 3 is 2.77 bits per heavy atom. The van der Waals surface area contributed by atoms with Crippen molar-refractivity contribution >= 4 is 17.2 Å². The van der Waals surface area contributed by atoms with Crippen molar-refractivity contribution in [2.75, 3.05) is 24.6 Å². The molecule has 3 aromatic heterocycles. The molecule has 0 amide bonds. The highest BCUT2D eigenvalue weighted by molar-refractivity contribution is 7.10. The predicted octanol–water partition coefficient (Wildman–Crippen LogP) is 3.78. The molecule has 0 unspecified atom stereocenters. The van der Waals surface area contributed by atoms with Crippen LogP contribution in [0.25, 0.3) is 11.3 Å². The summed E-state index contributed by atoms with van der Waals surface area (Å²) in [6.45, 7) is 4.51. The van der Waals surface area contributed by atoms with Crippen molar-refractivity contribution in [2.45, 2.75) is 25.7 Å². The Kier molecular flexibility index (Phi) is 5.06. The van der Waals surface area contributed by atoms with Gasteiger partial charge in [0.15, 0.2) is 0 Å². The number of pyridine rings is 1. The molecule has 0 N–H and O–H groups in total. The van der Waals surface area contributed by atoms with Gasteiger partial charge in [-0.3, -0.25) is 4.98 Å². The molecule has 4 rings (SSSR count). The van der Waals surface area contributed by atoms with Crippen molar-refractivity contribution in [3.05, 3.63) is 47.3 Å². The van der Waals surface area contributed by atoms with Gasteiger partial charge in [-0.05, 0) is 31.9 Å². The normalized spacial score (nSPS) is 15.2. The van der Waals surface area contributed by atoms with E-state index in [2.05, 4.69) is 25.2 Å². The molecule has 0 aromatic carbocycles. The van der Waals surface area contributed by atoms with Crippen molar-refractivity contribution in [2.24, 2.45) is 0 Å². The zero-order chi connectivity index (χ0) is 17.8. The molecule has 7 heteroatoms. The number of rotatable bonds is 5. The lowest BCUT2D eigenvalue weighted by Gasteiger charge is -2.31. The van der Waals surface area contributed by atoms with Crippen LogP contribution in [-0.2, 0) is 0 Å². The molecule has 0 saturated carbocycles.